The Hall–Kier alpha value is -7.04. The number of furan rings is 1. The number of hydrogen-bond acceptors (Lipinski definition) is 4. The van der Waals surface area contributed by atoms with Crippen LogP contribution in [-0.4, -0.2) is 9.97 Å². The molecule has 0 aliphatic carbocycles. The van der Waals surface area contributed by atoms with Gasteiger partial charge in [0.1, 0.15) is 11.2 Å². The first-order valence-corrected chi connectivity index (χ1v) is 17.5. The Morgan fingerprint density at radius 2 is 0.962 bits per heavy atom. The first kappa shape index (κ1) is 29.8. The second kappa shape index (κ2) is 12.4. The average molecular weight is 666 g/mol. The molecule has 0 N–H and O–H groups in total. The molecule has 0 aliphatic heterocycles. The largest absolute Gasteiger partial charge is 0.456 e. The van der Waals surface area contributed by atoms with E-state index in [1.54, 1.807) is 0 Å². The lowest BCUT2D eigenvalue weighted by molar-refractivity contribution is 0.669. The van der Waals surface area contributed by atoms with Gasteiger partial charge in [-0.2, -0.15) is 0 Å². The van der Waals surface area contributed by atoms with Gasteiger partial charge in [-0.25, -0.2) is 9.97 Å². The number of benzene rings is 8. The maximum Gasteiger partial charge on any atom is 0.137 e. The fourth-order valence-electron chi connectivity index (χ4n) is 7.27. The molecule has 0 unspecified atom stereocenters. The molecule has 52 heavy (non-hydrogen) atoms. The molecule has 0 aliphatic rings. The summed E-state index contributed by atoms with van der Waals surface area (Å²) in [6.07, 6.45) is 0. The first-order chi connectivity index (χ1) is 25.7. The van der Waals surface area contributed by atoms with E-state index in [4.69, 9.17) is 14.4 Å². The monoisotopic (exact) mass is 665 g/mol. The van der Waals surface area contributed by atoms with Crippen molar-refractivity contribution in [2.75, 3.05) is 4.90 Å². The maximum atomic E-state index is 6.59. The second-order valence-electron chi connectivity index (χ2n) is 13.1. The van der Waals surface area contributed by atoms with Crippen LogP contribution in [0.4, 0.5) is 17.1 Å². The van der Waals surface area contributed by atoms with Crippen molar-refractivity contribution in [3.05, 3.63) is 188 Å². The lowest BCUT2D eigenvalue weighted by Crippen LogP contribution is -2.10. The minimum atomic E-state index is 0.822. The van der Waals surface area contributed by atoms with E-state index in [1.807, 2.05) is 42.5 Å². The highest BCUT2D eigenvalue weighted by atomic mass is 16.3. The SMILES string of the molecule is c1ccc(-c2cccc(N(c3ccc4ccccc4c3)c3ccc4c(c3)oc3ccc(-c5nc6ccccc6nc5-c5ccccc5)cc34)c2)cc1. The van der Waals surface area contributed by atoms with Gasteiger partial charge in [0.2, 0.25) is 0 Å². The Morgan fingerprint density at radius 1 is 0.346 bits per heavy atom. The second-order valence-corrected chi connectivity index (χ2v) is 13.1. The van der Waals surface area contributed by atoms with Gasteiger partial charge < -0.3 is 9.32 Å². The summed E-state index contributed by atoms with van der Waals surface area (Å²) in [4.78, 5) is 12.6. The molecule has 4 heteroatoms. The smallest absolute Gasteiger partial charge is 0.137 e. The zero-order chi connectivity index (χ0) is 34.4. The summed E-state index contributed by atoms with van der Waals surface area (Å²) in [5.74, 6) is 0. The van der Waals surface area contributed by atoms with E-state index < -0.39 is 0 Å². The van der Waals surface area contributed by atoms with Gasteiger partial charge in [-0.3, -0.25) is 0 Å². The molecule has 0 spiro atoms. The average Bonchev–Trinajstić information content (AvgIpc) is 3.58. The van der Waals surface area contributed by atoms with Crippen LogP contribution in [0.3, 0.4) is 0 Å². The highest BCUT2D eigenvalue weighted by molar-refractivity contribution is 6.08. The normalized spacial score (nSPS) is 11.5. The van der Waals surface area contributed by atoms with Crippen LogP contribution < -0.4 is 4.90 Å². The predicted octanol–water partition coefficient (Wildman–Crippen LogP) is 13.2. The lowest BCUT2D eigenvalue weighted by Gasteiger charge is -2.26. The summed E-state index contributed by atoms with van der Waals surface area (Å²) in [5, 5.41) is 4.48. The van der Waals surface area contributed by atoms with Crippen molar-refractivity contribution in [3.8, 4) is 33.6 Å². The van der Waals surface area contributed by atoms with E-state index in [9.17, 15) is 0 Å². The number of fused-ring (bicyclic) bond motifs is 5. The van der Waals surface area contributed by atoms with Crippen LogP contribution in [0.5, 0.6) is 0 Å². The van der Waals surface area contributed by atoms with Crippen molar-refractivity contribution in [1.29, 1.82) is 0 Å². The van der Waals surface area contributed by atoms with Gasteiger partial charge in [-0.15, -0.1) is 0 Å². The summed E-state index contributed by atoms with van der Waals surface area (Å²) in [6, 6.07) is 65.6. The number of anilines is 3. The number of nitrogens with zero attached hydrogens (tertiary/aromatic N) is 3. The molecule has 4 nitrogen and oxygen atoms in total. The third kappa shape index (κ3) is 5.26. The number of aromatic nitrogens is 2. The number of hydrogen-bond donors (Lipinski definition) is 0. The highest BCUT2D eigenvalue weighted by Crippen LogP contribution is 2.41. The van der Waals surface area contributed by atoms with Crippen molar-refractivity contribution < 1.29 is 4.42 Å². The minimum absolute atomic E-state index is 0.822. The molecular formula is C48H31N3O. The van der Waals surface area contributed by atoms with Crippen molar-refractivity contribution >= 4 is 60.8 Å². The maximum absolute atomic E-state index is 6.59. The molecule has 0 atom stereocenters. The number of rotatable bonds is 6. The van der Waals surface area contributed by atoms with Crippen molar-refractivity contribution in [1.82, 2.24) is 9.97 Å². The Kier molecular flexibility index (Phi) is 7.10. The van der Waals surface area contributed by atoms with Crippen molar-refractivity contribution in [3.63, 3.8) is 0 Å². The third-order valence-electron chi connectivity index (χ3n) is 9.81. The van der Waals surface area contributed by atoms with Gasteiger partial charge in [0.25, 0.3) is 0 Å². The Balaban J connectivity index is 1.12. The molecule has 0 radical (unpaired) electrons. The standard InChI is InChI=1S/C48H31N3O/c1-3-12-32(13-4-1)36-18-11-19-38(28-36)51(39-24-22-33-14-7-8-17-35(33)29-39)40-25-26-41-42-30-37(23-27-45(42)52-46(41)31-40)48-47(34-15-5-2-6-16-34)49-43-20-9-10-21-44(43)50-48/h1-31H. The first-order valence-electron chi connectivity index (χ1n) is 17.5. The summed E-state index contributed by atoms with van der Waals surface area (Å²) in [7, 11) is 0. The van der Waals surface area contributed by atoms with Crippen molar-refractivity contribution in [2.45, 2.75) is 0 Å². The summed E-state index contributed by atoms with van der Waals surface area (Å²) in [6.45, 7) is 0. The Labute approximate surface area is 300 Å². The molecular weight excluding hydrogens is 635 g/mol. The van der Waals surface area contributed by atoms with Crippen molar-refractivity contribution in [2.24, 2.45) is 0 Å². The minimum Gasteiger partial charge on any atom is -0.456 e. The van der Waals surface area contributed by atoms with Gasteiger partial charge in [0.05, 0.1) is 22.4 Å². The van der Waals surface area contributed by atoms with Crippen LogP contribution >= 0.6 is 0 Å². The molecule has 8 aromatic carbocycles. The molecule has 0 amide bonds. The third-order valence-corrected chi connectivity index (χ3v) is 9.81. The summed E-state index contributed by atoms with van der Waals surface area (Å²) < 4.78 is 6.59. The number of para-hydroxylation sites is 2. The topological polar surface area (TPSA) is 42.2 Å². The van der Waals surface area contributed by atoms with Gasteiger partial charge >= 0.3 is 0 Å². The van der Waals surface area contributed by atoms with E-state index in [1.165, 1.54) is 16.3 Å². The predicted molar refractivity (Wildman–Crippen MR) is 215 cm³/mol. The molecule has 0 saturated heterocycles. The van der Waals surface area contributed by atoms with E-state index >= 15 is 0 Å². The highest BCUT2D eigenvalue weighted by Gasteiger charge is 2.19. The van der Waals surface area contributed by atoms with Crippen LogP contribution in [0.1, 0.15) is 0 Å². The molecule has 2 heterocycles. The van der Waals surface area contributed by atoms with Crippen LogP contribution in [0, 0.1) is 0 Å². The fraction of sp³-hybridized carbons (Fsp3) is 0. The van der Waals surface area contributed by atoms with Crippen LogP contribution in [0.25, 0.3) is 77.4 Å². The molecule has 10 rings (SSSR count). The summed E-state index contributed by atoms with van der Waals surface area (Å²) >= 11 is 0. The summed E-state index contributed by atoms with van der Waals surface area (Å²) in [5.41, 5.74) is 12.6. The quantitative estimate of drug-likeness (QED) is 0.177. The van der Waals surface area contributed by atoms with Gasteiger partial charge in [0, 0.05) is 45.0 Å². The van der Waals surface area contributed by atoms with Crippen LogP contribution in [0.15, 0.2) is 192 Å². The van der Waals surface area contributed by atoms with E-state index in [0.29, 0.717) is 0 Å². The van der Waals surface area contributed by atoms with Crippen LogP contribution in [0.2, 0.25) is 0 Å². The Bertz CT molecular complexity index is 2910. The van der Waals surface area contributed by atoms with Crippen LogP contribution in [-0.2, 0) is 0 Å². The van der Waals surface area contributed by atoms with Gasteiger partial charge in [-0.05, 0) is 88.6 Å². The van der Waals surface area contributed by atoms with Gasteiger partial charge in [-0.1, -0.05) is 115 Å². The Morgan fingerprint density at radius 3 is 1.75 bits per heavy atom. The molecule has 244 valence electrons. The molecule has 0 fully saturated rings. The van der Waals surface area contributed by atoms with E-state index in [-0.39, 0.29) is 0 Å². The zero-order valence-corrected chi connectivity index (χ0v) is 28.1. The van der Waals surface area contributed by atoms with E-state index in [0.717, 1.165) is 78.1 Å². The molecule has 2 aromatic heterocycles. The molecule has 0 bridgehead atoms. The molecule has 0 saturated carbocycles. The fourth-order valence-corrected chi connectivity index (χ4v) is 7.27. The zero-order valence-electron chi connectivity index (χ0n) is 28.1. The lowest BCUT2D eigenvalue weighted by atomic mass is 10.0. The van der Waals surface area contributed by atoms with E-state index in [2.05, 4.69) is 150 Å². The van der Waals surface area contributed by atoms with Gasteiger partial charge in [0.15, 0.2) is 0 Å². The molecule has 10 aromatic rings.